The summed E-state index contributed by atoms with van der Waals surface area (Å²) in [5.41, 5.74) is 0. The standard InChI is InChI=1S/C3HBrNO/c4-3-1-2-6-5-3/h2H. The molecule has 0 saturated heterocycles. The summed E-state index contributed by atoms with van der Waals surface area (Å²) >= 11 is 3.02. The largest absolute Gasteiger partial charge is 0.363 e. The van der Waals surface area contributed by atoms with Crippen LogP contribution in [0.1, 0.15) is 0 Å². The van der Waals surface area contributed by atoms with E-state index >= 15 is 0 Å². The normalized spacial score (nSPS) is 8.83. The lowest BCUT2D eigenvalue weighted by atomic mass is 10.8. The van der Waals surface area contributed by atoms with Gasteiger partial charge in [0, 0.05) is 0 Å². The number of hydrogen-bond acceptors (Lipinski definition) is 2. The number of halogens is 1. The van der Waals surface area contributed by atoms with Crippen molar-refractivity contribution in [3.05, 3.63) is 16.9 Å². The molecule has 0 amide bonds. The maximum absolute atomic E-state index is 4.36. The molecule has 1 heterocycles. The molecule has 1 rings (SSSR count). The molecule has 0 fully saturated rings. The Labute approximate surface area is 43.3 Å². The van der Waals surface area contributed by atoms with Crippen LogP contribution in [-0.4, -0.2) is 5.16 Å². The van der Waals surface area contributed by atoms with Crippen LogP contribution in [0.2, 0.25) is 0 Å². The first-order valence-corrected chi connectivity index (χ1v) is 2.16. The topological polar surface area (TPSA) is 26.0 Å². The first-order valence-electron chi connectivity index (χ1n) is 1.37. The molecule has 0 aliphatic rings. The van der Waals surface area contributed by atoms with Gasteiger partial charge < -0.3 is 4.52 Å². The van der Waals surface area contributed by atoms with E-state index < -0.39 is 0 Å². The van der Waals surface area contributed by atoms with E-state index in [1.165, 1.54) is 6.26 Å². The van der Waals surface area contributed by atoms with Gasteiger partial charge in [0.1, 0.15) is 6.26 Å². The average Bonchev–Trinajstić information content (AvgIpc) is 1.86. The highest BCUT2D eigenvalue weighted by Crippen LogP contribution is 2.00. The zero-order valence-corrected chi connectivity index (χ0v) is 4.40. The molecule has 2 nitrogen and oxygen atoms in total. The molecule has 0 unspecified atom stereocenters. The van der Waals surface area contributed by atoms with Gasteiger partial charge in [-0.1, -0.05) is 5.16 Å². The summed E-state index contributed by atoms with van der Waals surface area (Å²) in [6, 6.07) is 2.64. The molecule has 1 radical (unpaired) electrons. The van der Waals surface area contributed by atoms with Gasteiger partial charge in [-0.05, 0) is 15.9 Å². The van der Waals surface area contributed by atoms with E-state index in [0.717, 1.165) is 0 Å². The Bertz CT molecular complexity index is 114. The first kappa shape index (κ1) is 3.87. The second kappa shape index (κ2) is 1.43. The number of aromatic nitrogens is 1. The van der Waals surface area contributed by atoms with Crippen molar-refractivity contribution in [3.8, 4) is 0 Å². The highest BCUT2D eigenvalue weighted by atomic mass is 79.9. The number of rotatable bonds is 0. The Hall–Kier alpha value is -0.310. The van der Waals surface area contributed by atoms with E-state index in [2.05, 4.69) is 31.7 Å². The van der Waals surface area contributed by atoms with Crippen molar-refractivity contribution >= 4 is 15.9 Å². The van der Waals surface area contributed by atoms with E-state index in [4.69, 9.17) is 0 Å². The molecule has 0 saturated carbocycles. The third-order valence-electron chi connectivity index (χ3n) is 0.364. The quantitative estimate of drug-likeness (QED) is 0.551. The number of hydrogen-bond donors (Lipinski definition) is 0. The molecule has 0 N–H and O–H groups in total. The predicted octanol–water partition coefficient (Wildman–Crippen LogP) is 1.24. The summed E-state index contributed by atoms with van der Waals surface area (Å²) in [5, 5.41) is 3.40. The fraction of sp³-hybridized carbons (Fsp3) is 0. The maximum Gasteiger partial charge on any atom is 0.157 e. The van der Waals surface area contributed by atoms with E-state index in [0.29, 0.717) is 4.60 Å². The lowest BCUT2D eigenvalue weighted by Gasteiger charge is -1.58. The van der Waals surface area contributed by atoms with Crippen LogP contribution in [0, 0.1) is 6.07 Å². The molecular formula is C3HBrNO. The second-order valence-corrected chi connectivity index (χ2v) is 1.50. The minimum Gasteiger partial charge on any atom is -0.363 e. The summed E-state index contributed by atoms with van der Waals surface area (Å²) < 4.78 is 4.98. The molecule has 0 atom stereocenters. The monoisotopic (exact) mass is 146 g/mol. The number of nitrogens with zero attached hydrogens (tertiary/aromatic N) is 1. The fourth-order valence-corrected chi connectivity index (χ4v) is 0.351. The van der Waals surface area contributed by atoms with Crippen molar-refractivity contribution in [1.29, 1.82) is 0 Å². The van der Waals surface area contributed by atoms with Crippen LogP contribution < -0.4 is 0 Å². The highest BCUT2D eigenvalue weighted by Gasteiger charge is 1.82. The van der Waals surface area contributed by atoms with Crippen molar-refractivity contribution in [2.45, 2.75) is 0 Å². The molecule has 0 spiro atoms. The van der Waals surface area contributed by atoms with Gasteiger partial charge in [-0.25, -0.2) is 0 Å². The van der Waals surface area contributed by atoms with Gasteiger partial charge in [-0.2, -0.15) is 0 Å². The van der Waals surface area contributed by atoms with Crippen molar-refractivity contribution < 1.29 is 4.52 Å². The molecule has 31 valence electrons. The highest BCUT2D eigenvalue weighted by molar-refractivity contribution is 9.10. The molecule has 0 bridgehead atoms. The first-order chi connectivity index (χ1) is 2.89. The lowest BCUT2D eigenvalue weighted by molar-refractivity contribution is 0.415. The molecule has 1 aromatic heterocycles. The van der Waals surface area contributed by atoms with Gasteiger partial charge >= 0.3 is 0 Å². The van der Waals surface area contributed by atoms with Crippen LogP contribution in [0.15, 0.2) is 15.4 Å². The summed E-state index contributed by atoms with van der Waals surface area (Å²) in [4.78, 5) is 0. The van der Waals surface area contributed by atoms with Crippen LogP contribution in [0.25, 0.3) is 0 Å². The van der Waals surface area contributed by atoms with E-state index in [1.807, 2.05) is 0 Å². The third kappa shape index (κ3) is 0.597. The van der Waals surface area contributed by atoms with Crippen LogP contribution in [-0.2, 0) is 0 Å². The Morgan fingerprint density at radius 2 is 2.83 bits per heavy atom. The van der Waals surface area contributed by atoms with Crippen molar-refractivity contribution in [3.63, 3.8) is 0 Å². The van der Waals surface area contributed by atoms with Crippen molar-refractivity contribution in [1.82, 2.24) is 5.16 Å². The van der Waals surface area contributed by atoms with Crippen LogP contribution in [0.5, 0.6) is 0 Å². The third-order valence-corrected chi connectivity index (χ3v) is 0.737. The second-order valence-electron chi connectivity index (χ2n) is 0.750. The van der Waals surface area contributed by atoms with Gasteiger partial charge in [0.2, 0.25) is 0 Å². The molecule has 3 heteroatoms. The van der Waals surface area contributed by atoms with Gasteiger partial charge in [0.05, 0.1) is 6.07 Å². The fourth-order valence-electron chi connectivity index (χ4n) is 0.174. The van der Waals surface area contributed by atoms with Crippen molar-refractivity contribution in [2.24, 2.45) is 0 Å². The van der Waals surface area contributed by atoms with Crippen LogP contribution in [0.4, 0.5) is 0 Å². The summed E-state index contributed by atoms with van der Waals surface area (Å²) in [5.74, 6) is 0. The summed E-state index contributed by atoms with van der Waals surface area (Å²) in [7, 11) is 0. The Kier molecular flexibility index (Phi) is 0.919. The van der Waals surface area contributed by atoms with Gasteiger partial charge in [-0.15, -0.1) is 0 Å². The lowest BCUT2D eigenvalue weighted by Crippen LogP contribution is -1.50. The predicted molar refractivity (Wildman–Crippen MR) is 23.0 cm³/mol. The van der Waals surface area contributed by atoms with Gasteiger partial charge in [0.25, 0.3) is 0 Å². The van der Waals surface area contributed by atoms with Crippen LogP contribution >= 0.6 is 15.9 Å². The van der Waals surface area contributed by atoms with E-state index in [1.54, 1.807) is 0 Å². The average molecular weight is 147 g/mol. The molecule has 6 heavy (non-hydrogen) atoms. The SMILES string of the molecule is Brc1[c]con1. The molecule has 0 aliphatic heterocycles. The summed E-state index contributed by atoms with van der Waals surface area (Å²) in [6.07, 6.45) is 1.38. The Morgan fingerprint density at radius 3 is 3.00 bits per heavy atom. The smallest absolute Gasteiger partial charge is 0.157 e. The van der Waals surface area contributed by atoms with Crippen LogP contribution in [0.3, 0.4) is 0 Å². The minimum absolute atomic E-state index is 0.613. The summed E-state index contributed by atoms with van der Waals surface area (Å²) in [6.45, 7) is 0. The van der Waals surface area contributed by atoms with Crippen molar-refractivity contribution in [2.75, 3.05) is 0 Å². The maximum atomic E-state index is 4.36. The van der Waals surface area contributed by atoms with E-state index in [-0.39, 0.29) is 0 Å². The van der Waals surface area contributed by atoms with E-state index in [9.17, 15) is 0 Å². The minimum atomic E-state index is 0.613. The van der Waals surface area contributed by atoms with Gasteiger partial charge in [-0.3, -0.25) is 0 Å². The van der Waals surface area contributed by atoms with Gasteiger partial charge in [0.15, 0.2) is 4.60 Å². The molecular weight excluding hydrogens is 146 g/mol. The Balaban J connectivity index is 3.05. The zero-order chi connectivity index (χ0) is 4.41. The Morgan fingerprint density at radius 1 is 2.00 bits per heavy atom. The molecule has 0 aromatic carbocycles. The molecule has 0 aliphatic carbocycles. The zero-order valence-electron chi connectivity index (χ0n) is 2.81. The molecule has 1 aromatic rings.